The summed E-state index contributed by atoms with van der Waals surface area (Å²) in [6.07, 6.45) is 3.27. The first-order valence-corrected chi connectivity index (χ1v) is 10.1. The molecule has 1 amide bonds. The van der Waals surface area contributed by atoms with E-state index in [1.165, 1.54) is 0 Å². The van der Waals surface area contributed by atoms with Gasteiger partial charge in [-0.15, -0.1) is 15.3 Å². The van der Waals surface area contributed by atoms with Gasteiger partial charge in [0.25, 0.3) is 5.91 Å². The highest BCUT2D eigenvalue weighted by Crippen LogP contribution is 2.18. The van der Waals surface area contributed by atoms with Gasteiger partial charge in [0.1, 0.15) is 5.82 Å². The molecule has 2 aromatic carbocycles. The number of pyridine rings is 1. The average Bonchev–Trinajstić information content (AvgIpc) is 3.27. The van der Waals surface area contributed by atoms with E-state index in [9.17, 15) is 4.79 Å². The lowest BCUT2D eigenvalue weighted by molar-refractivity contribution is 0.102. The zero-order chi connectivity index (χ0) is 21.8. The summed E-state index contributed by atoms with van der Waals surface area (Å²) in [5.41, 5.74) is 3.95. The fourth-order valence-corrected chi connectivity index (χ4v) is 3.26. The summed E-state index contributed by atoms with van der Waals surface area (Å²) >= 11 is 0. The van der Waals surface area contributed by atoms with Crippen molar-refractivity contribution in [2.45, 2.75) is 6.54 Å². The maximum absolute atomic E-state index is 12.4. The molecular weight excluding hydrogens is 402 g/mol. The third kappa shape index (κ3) is 4.15. The predicted molar refractivity (Wildman–Crippen MR) is 122 cm³/mol. The Kier molecular flexibility index (Phi) is 5.24. The average molecular weight is 421 g/mol. The Morgan fingerprint density at radius 3 is 2.41 bits per heavy atom. The Balaban J connectivity index is 1.27. The minimum absolute atomic E-state index is 0.163. The Bertz CT molecular complexity index is 1350. The second-order valence-corrected chi connectivity index (χ2v) is 7.12. The SMILES string of the molecule is O=C(Nc1ccncc1)c1ccc(CNc2ccc3nnc(-c4ccccc4)n3n2)cc1. The lowest BCUT2D eigenvalue weighted by Gasteiger charge is -2.08. The maximum atomic E-state index is 12.4. The summed E-state index contributed by atoms with van der Waals surface area (Å²) in [7, 11) is 0. The van der Waals surface area contributed by atoms with E-state index in [4.69, 9.17) is 0 Å². The molecule has 0 atom stereocenters. The maximum Gasteiger partial charge on any atom is 0.255 e. The van der Waals surface area contributed by atoms with Crippen LogP contribution in [0.1, 0.15) is 15.9 Å². The minimum Gasteiger partial charge on any atom is -0.365 e. The second kappa shape index (κ2) is 8.65. The first kappa shape index (κ1) is 19.4. The molecule has 156 valence electrons. The van der Waals surface area contributed by atoms with Gasteiger partial charge < -0.3 is 10.6 Å². The van der Waals surface area contributed by atoms with Gasteiger partial charge >= 0.3 is 0 Å². The van der Waals surface area contributed by atoms with Crippen LogP contribution in [0.15, 0.2) is 91.3 Å². The molecule has 3 aromatic heterocycles. The number of aromatic nitrogens is 5. The Labute approximate surface area is 184 Å². The highest BCUT2D eigenvalue weighted by atomic mass is 16.1. The van der Waals surface area contributed by atoms with Gasteiger partial charge in [0, 0.05) is 35.8 Å². The number of carbonyl (C=O) groups excluding carboxylic acids is 1. The Morgan fingerprint density at radius 1 is 0.844 bits per heavy atom. The van der Waals surface area contributed by atoms with E-state index >= 15 is 0 Å². The summed E-state index contributed by atoms with van der Waals surface area (Å²) in [6, 6.07) is 24.5. The van der Waals surface area contributed by atoms with Gasteiger partial charge in [0.2, 0.25) is 0 Å². The number of carbonyl (C=O) groups is 1. The molecule has 0 unspecified atom stereocenters. The number of nitrogens with one attached hydrogen (secondary N) is 2. The van der Waals surface area contributed by atoms with E-state index in [-0.39, 0.29) is 5.91 Å². The van der Waals surface area contributed by atoms with E-state index in [2.05, 4.69) is 30.9 Å². The summed E-state index contributed by atoms with van der Waals surface area (Å²) in [5.74, 6) is 1.23. The number of hydrogen-bond donors (Lipinski definition) is 2. The Morgan fingerprint density at radius 2 is 1.62 bits per heavy atom. The number of rotatable bonds is 6. The normalized spacial score (nSPS) is 10.8. The third-order valence-electron chi connectivity index (χ3n) is 4.92. The number of benzene rings is 2. The molecule has 0 aliphatic carbocycles. The number of nitrogens with zero attached hydrogens (tertiary/aromatic N) is 5. The zero-order valence-corrected chi connectivity index (χ0v) is 17.0. The fourth-order valence-electron chi connectivity index (χ4n) is 3.26. The van der Waals surface area contributed by atoms with Crippen LogP contribution in [-0.2, 0) is 6.54 Å². The van der Waals surface area contributed by atoms with E-state index in [0.717, 1.165) is 11.1 Å². The Hall–Kier alpha value is -4.59. The van der Waals surface area contributed by atoms with Gasteiger partial charge in [-0.1, -0.05) is 42.5 Å². The predicted octanol–water partition coefficient (Wildman–Crippen LogP) is 4.05. The first-order chi connectivity index (χ1) is 15.8. The van der Waals surface area contributed by atoms with Crippen molar-refractivity contribution in [1.82, 2.24) is 24.8 Å². The smallest absolute Gasteiger partial charge is 0.255 e. The van der Waals surface area contributed by atoms with E-state index < -0.39 is 0 Å². The molecule has 0 saturated heterocycles. The van der Waals surface area contributed by atoms with Crippen molar-refractivity contribution in [1.29, 1.82) is 0 Å². The van der Waals surface area contributed by atoms with Gasteiger partial charge in [-0.3, -0.25) is 9.78 Å². The molecule has 0 saturated carbocycles. The number of anilines is 2. The van der Waals surface area contributed by atoms with Crippen molar-refractivity contribution in [3.8, 4) is 11.4 Å². The largest absolute Gasteiger partial charge is 0.365 e. The van der Waals surface area contributed by atoms with Gasteiger partial charge in [0.05, 0.1) is 0 Å². The molecule has 0 spiro atoms. The van der Waals surface area contributed by atoms with Crippen LogP contribution in [0.3, 0.4) is 0 Å². The molecule has 5 rings (SSSR count). The summed E-state index contributed by atoms with van der Waals surface area (Å²) in [5, 5.41) is 19.2. The lowest BCUT2D eigenvalue weighted by atomic mass is 10.1. The molecule has 5 aromatic rings. The van der Waals surface area contributed by atoms with Crippen molar-refractivity contribution in [2.75, 3.05) is 10.6 Å². The molecule has 3 heterocycles. The second-order valence-electron chi connectivity index (χ2n) is 7.12. The molecule has 0 aliphatic rings. The lowest BCUT2D eigenvalue weighted by Crippen LogP contribution is -2.12. The standard InChI is InChI=1S/C24H19N7O/c32-24(27-20-12-14-25-15-13-20)19-8-6-17(7-9-19)16-26-21-10-11-22-28-29-23(31(22)30-21)18-4-2-1-3-5-18/h1-15H,16H2,(H,26,30)(H,25,27,32). The van der Waals surface area contributed by atoms with Crippen LogP contribution < -0.4 is 10.6 Å². The van der Waals surface area contributed by atoms with Crippen molar-refractivity contribution in [3.05, 3.63) is 102 Å². The van der Waals surface area contributed by atoms with E-state index in [1.54, 1.807) is 41.2 Å². The molecule has 8 nitrogen and oxygen atoms in total. The van der Waals surface area contributed by atoms with Gasteiger partial charge in [-0.25, -0.2) is 0 Å². The topological polar surface area (TPSA) is 97.1 Å². The molecule has 0 fully saturated rings. The highest BCUT2D eigenvalue weighted by Gasteiger charge is 2.10. The van der Waals surface area contributed by atoms with Crippen LogP contribution in [-0.4, -0.2) is 30.7 Å². The summed E-state index contributed by atoms with van der Waals surface area (Å²) < 4.78 is 1.73. The molecule has 0 bridgehead atoms. The van der Waals surface area contributed by atoms with Gasteiger partial charge in [-0.2, -0.15) is 4.52 Å². The summed E-state index contributed by atoms with van der Waals surface area (Å²) in [6.45, 7) is 0.563. The van der Waals surface area contributed by atoms with Crippen LogP contribution in [0.25, 0.3) is 17.0 Å². The van der Waals surface area contributed by atoms with Gasteiger partial charge in [0.15, 0.2) is 11.5 Å². The highest BCUT2D eigenvalue weighted by molar-refractivity contribution is 6.04. The quantitative estimate of drug-likeness (QED) is 0.429. The van der Waals surface area contributed by atoms with Gasteiger partial charge in [-0.05, 0) is 42.0 Å². The monoisotopic (exact) mass is 421 g/mol. The fraction of sp³-hybridized carbons (Fsp3) is 0.0417. The van der Waals surface area contributed by atoms with E-state index in [1.807, 2.05) is 54.6 Å². The van der Waals surface area contributed by atoms with Crippen LogP contribution in [0, 0.1) is 0 Å². The number of amides is 1. The number of hydrogen-bond acceptors (Lipinski definition) is 6. The van der Waals surface area contributed by atoms with Crippen LogP contribution >= 0.6 is 0 Å². The van der Waals surface area contributed by atoms with E-state index in [0.29, 0.717) is 35.1 Å². The molecule has 0 aliphatic heterocycles. The molecule has 2 N–H and O–H groups in total. The zero-order valence-electron chi connectivity index (χ0n) is 17.0. The molecule has 8 heteroatoms. The molecule has 32 heavy (non-hydrogen) atoms. The van der Waals surface area contributed by atoms with Crippen LogP contribution in [0.5, 0.6) is 0 Å². The first-order valence-electron chi connectivity index (χ1n) is 10.1. The van der Waals surface area contributed by atoms with Crippen molar-refractivity contribution < 1.29 is 4.79 Å². The molecular formula is C24H19N7O. The van der Waals surface area contributed by atoms with Crippen molar-refractivity contribution >= 4 is 23.1 Å². The van der Waals surface area contributed by atoms with Crippen LogP contribution in [0.2, 0.25) is 0 Å². The third-order valence-corrected chi connectivity index (χ3v) is 4.92. The van der Waals surface area contributed by atoms with Crippen LogP contribution in [0.4, 0.5) is 11.5 Å². The van der Waals surface area contributed by atoms with Crippen molar-refractivity contribution in [2.24, 2.45) is 0 Å². The summed E-state index contributed by atoms with van der Waals surface area (Å²) in [4.78, 5) is 16.3. The number of fused-ring (bicyclic) bond motifs is 1. The molecule has 0 radical (unpaired) electrons. The van der Waals surface area contributed by atoms with Crippen molar-refractivity contribution in [3.63, 3.8) is 0 Å². The minimum atomic E-state index is -0.163.